The summed E-state index contributed by atoms with van der Waals surface area (Å²) in [7, 11) is 0.267. The maximum Gasteiger partial charge on any atom is 0.257 e. The van der Waals surface area contributed by atoms with Crippen molar-refractivity contribution in [1.82, 2.24) is 9.80 Å². The highest BCUT2D eigenvalue weighted by molar-refractivity contribution is 7.81. The summed E-state index contributed by atoms with van der Waals surface area (Å²) >= 11 is 4.36. The third-order valence-corrected chi connectivity index (χ3v) is 12.5. The van der Waals surface area contributed by atoms with Gasteiger partial charge in [-0.2, -0.15) is 12.6 Å². The van der Waals surface area contributed by atoms with E-state index in [4.69, 9.17) is 18.9 Å². The van der Waals surface area contributed by atoms with Crippen LogP contribution in [0, 0.1) is 0 Å². The number of fused-ring (bicyclic) bond motifs is 4. The molecule has 0 spiro atoms. The number of aliphatic imine (C=N–C) groups is 2. The molecule has 0 saturated carbocycles. The fourth-order valence-electron chi connectivity index (χ4n) is 6.37. The summed E-state index contributed by atoms with van der Waals surface area (Å²) in [5.41, 5.74) is 3.88. The van der Waals surface area contributed by atoms with Crippen LogP contribution in [0.15, 0.2) is 58.6 Å². The van der Waals surface area contributed by atoms with E-state index < -0.39 is 7.14 Å². The highest BCUT2D eigenvalue weighted by Gasteiger charge is 2.36. The molecule has 4 aliphatic rings. The lowest BCUT2D eigenvalue weighted by atomic mass is 10.1. The molecule has 2 fully saturated rings. The van der Waals surface area contributed by atoms with E-state index >= 15 is 0 Å². The van der Waals surface area contributed by atoms with E-state index in [0.717, 1.165) is 11.1 Å². The maximum atomic E-state index is 14.0. The summed E-state index contributed by atoms with van der Waals surface area (Å²) in [5, 5.41) is 0. The summed E-state index contributed by atoms with van der Waals surface area (Å²) in [4.78, 5) is 39.2. The van der Waals surface area contributed by atoms with E-state index in [9.17, 15) is 14.2 Å². The van der Waals surface area contributed by atoms with E-state index in [1.54, 1.807) is 46.5 Å². The van der Waals surface area contributed by atoms with Gasteiger partial charge in [0.25, 0.3) is 11.8 Å². The van der Waals surface area contributed by atoms with Crippen molar-refractivity contribution in [2.24, 2.45) is 9.98 Å². The topological polar surface area (TPSA) is 119 Å². The van der Waals surface area contributed by atoms with Gasteiger partial charge in [0.05, 0.1) is 69.2 Å². The molecule has 11 nitrogen and oxygen atoms in total. The van der Waals surface area contributed by atoms with Crippen molar-refractivity contribution >= 4 is 55.4 Å². The van der Waals surface area contributed by atoms with Crippen molar-refractivity contribution in [3.63, 3.8) is 0 Å². The van der Waals surface area contributed by atoms with Gasteiger partial charge in [0, 0.05) is 56.1 Å². The average Bonchev–Trinajstić information content (AvgIpc) is 3.56. The Balaban J connectivity index is 1.11. The molecule has 6 rings (SSSR count). The number of benzene rings is 2. The minimum atomic E-state index is -2.76. The second-order valence-electron chi connectivity index (χ2n) is 12.2. The molecule has 0 radical (unpaired) electrons. The highest BCUT2D eigenvalue weighted by Crippen LogP contribution is 2.46. The molecule has 0 bridgehead atoms. The van der Waals surface area contributed by atoms with Crippen molar-refractivity contribution in [3.8, 4) is 23.0 Å². The maximum absolute atomic E-state index is 14.0. The fourth-order valence-corrected chi connectivity index (χ4v) is 9.35. The Morgan fingerprint density at radius 2 is 1.21 bits per heavy atom. The van der Waals surface area contributed by atoms with Crippen LogP contribution in [0.4, 0.5) is 11.4 Å². The van der Waals surface area contributed by atoms with E-state index in [2.05, 4.69) is 35.8 Å². The second kappa shape index (κ2) is 13.6. The molecular formula is C34H39N4O7PS. The Labute approximate surface area is 280 Å². The first-order valence-corrected chi connectivity index (χ1v) is 18.4. The molecule has 4 heterocycles. The van der Waals surface area contributed by atoms with Crippen LogP contribution in [0.25, 0.3) is 0 Å². The Morgan fingerprint density at radius 1 is 0.766 bits per heavy atom. The summed E-state index contributed by atoms with van der Waals surface area (Å²) in [6.45, 7) is 9.38. The molecule has 0 aromatic heterocycles. The van der Waals surface area contributed by atoms with Gasteiger partial charge in [0.1, 0.15) is 0 Å². The largest absolute Gasteiger partial charge is 0.493 e. The third-order valence-electron chi connectivity index (χ3n) is 8.92. The van der Waals surface area contributed by atoms with E-state index in [-0.39, 0.29) is 37.1 Å². The van der Waals surface area contributed by atoms with Gasteiger partial charge in [-0.3, -0.25) is 19.6 Å². The van der Waals surface area contributed by atoms with Gasteiger partial charge >= 0.3 is 0 Å². The van der Waals surface area contributed by atoms with Gasteiger partial charge in [-0.05, 0) is 30.7 Å². The van der Waals surface area contributed by atoms with Crippen LogP contribution in [0.1, 0.15) is 33.6 Å². The monoisotopic (exact) mass is 678 g/mol. The summed E-state index contributed by atoms with van der Waals surface area (Å²) in [6, 6.07) is 6.47. The number of carbonyl (C=O) groups is 2. The number of nitrogens with zero attached hydrogens (tertiary/aromatic N) is 4. The Morgan fingerprint density at radius 3 is 1.62 bits per heavy atom. The smallest absolute Gasteiger partial charge is 0.257 e. The summed E-state index contributed by atoms with van der Waals surface area (Å²) in [5.74, 6) is 1.84. The zero-order chi connectivity index (χ0) is 33.3. The molecule has 2 aromatic rings. The number of hydrogen-bond acceptors (Lipinski definition) is 10. The van der Waals surface area contributed by atoms with Crippen molar-refractivity contribution in [2.75, 3.05) is 64.8 Å². The molecule has 2 atom stereocenters. The molecule has 0 aliphatic carbocycles. The number of hydrogen-bond donors (Lipinski definition) is 1. The van der Waals surface area contributed by atoms with Crippen LogP contribution in [0.3, 0.4) is 0 Å². The molecule has 2 saturated heterocycles. The minimum absolute atomic E-state index is 0.119. The van der Waals surface area contributed by atoms with E-state index in [1.807, 2.05) is 0 Å². The van der Waals surface area contributed by atoms with Crippen molar-refractivity contribution in [3.05, 3.63) is 59.7 Å². The van der Waals surface area contributed by atoms with Gasteiger partial charge in [-0.1, -0.05) is 24.3 Å². The second-order valence-corrected chi connectivity index (χ2v) is 16.1. The molecular weight excluding hydrogens is 639 g/mol. The van der Waals surface area contributed by atoms with Crippen molar-refractivity contribution in [2.45, 2.75) is 24.9 Å². The van der Waals surface area contributed by atoms with Gasteiger partial charge < -0.3 is 33.3 Å². The minimum Gasteiger partial charge on any atom is -0.493 e. The first kappa shape index (κ1) is 32.9. The number of rotatable bonds is 12. The fraction of sp³-hybridized carbons (Fsp3) is 0.412. The SMILES string of the molecule is C=C1C[C@H]2C=Nc3cc(OCCP(=O)(CCS)CCOc4cc5c(cc4OC)C(=O)N4CC(=C)C[C@H]4C=N5)c(OC)cc3C(=O)N2C1. The van der Waals surface area contributed by atoms with Gasteiger partial charge in [0.2, 0.25) is 0 Å². The molecule has 13 heteroatoms. The first-order valence-electron chi connectivity index (χ1n) is 15.5. The van der Waals surface area contributed by atoms with Gasteiger partial charge in [0.15, 0.2) is 23.0 Å². The predicted molar refractivity (Wildman–Crippen MR) is 187 cm³/mol. The van der Waals surface area contributed by atoms with Gasteiger partial charge in [-0.25, -0.2) is 0 Å². The first-order chi connectivity index (χ1) is 22.6. The summed E-state index contributed by atoms with van der Waals surface area (Å²) in [6.07, 6.45) is 5.94. The average molecular weight is 679 g/mol. The van der Waals surface area contributed by atoms with Crippen molar-refractivity contribution in [1.29, 1.82) is 0 Å². The molecule has 248 valence electrons. The molecule has 4 aliphatic heterocycles. The van der Waals surface area contributed by atoms with Crippen LogP contribution in [0.5, 0.6) is 23.0 Å². The van der Waals surface area contributed by atoms with E-state index in [0.29, 0.717) is 95.7 Å². The lowest BCUT2D eigenvalue weighted by Crippen LogP contribution is -2.35. The number of thiol groups is 1. The third kappa shape index (κ3) is 6.71. The number of carbonyl (C=O) groups excluding carboxylic acids is 2. The Hall–Kier alpha value is -4.02. The van der Waals surface area contributed by atoms with Crippen molar-refractivity contribution < 1.29 is 33.1 Å². The molecule has 47 heavy (non-hydrogen) atoms. The predicted octanol–water partition coefficient (Wildman–Crippen LogP) is 5.43. The molecule has 2 aromatic carbocycles. The molecule has 2 amide bonds. The quantitative estimate of drug-likeness (QED) is 0.181. The number of amides is 2. The van der Waals surface area contributed by atoms with Crippen LogP contribution < -0.4 is 18.9 Å². The van der Waals surface area contributed by atoms with Crippen LogP contribution in [-0.2, 0) is 4.57 Å². The standard InChI is InChI=1S/C34H39N4O7PS/c1-21-11-23-17-35-27-15-31(29(42-3)13-25(27)33(39)37(23)19-21)44-5-7-46(41,9-10-47)8-6-45-32-16-28-26(14-30(32)43-4)34(40)38-20-22(2)12-24(38)18-36-28/h13-18,23-24,47H,1-2,5-12,19-20H2,3-4H3/t23-,24-/m0/s1. The molecule has 0 unspecified atom stereocenters. The number of methoxy groups -OCH3 is 2. The lowest BCUT2D eigenvalue weighted by Gasteiger charge is -2.21. The van der Waals surface area contributed by atoms with Crippen LogP contribution >= 0.6 is 19.8 Å². The zero-order valence-electron chi connectivity index (χ0n) is 26.6. The lowest BCUT2D eigenvalue weighted by molar-refractivity contribution is 0.0769. The Kier molecular flexibility index (Phi) is 9.53. The summed E-state index contributed by atoms with van der Waals surface area (Å²) < 4.78 is 37.3. The van der Waals surface area contributed by atoms with E-state index in [1.165, 1.54) is 14.2 Å². The Bertz CT molecular complexity index is 1620. The van der Waals surface area contributed by atoms with Gasteiger partial charge in [-0.15, -0.1) is 0 Å². The normalized spacial score (nSPS) is 20.0. The molecule has 0 N–H and O–H groups in total. The highest BCUT2D eigenvalue weighted by atomic mass is 32.1. The van der Waals surface area contributed by atoms with Crippen LogP contribution in [-0.4, -0.2) is 111 Å². The van der Waals surface area contributed by atoms with Crippen LogP contribution in [0.2, 0.25) is 0 Å². The number of ether oxygens (including phenoxy) is 4. The zero-order valence-corrected chi connectivity index (χ0v) is 28.4.